The molecule has 3 rings (SSSR count). The number of aryl methyl sites for hydroxylation is 2. The topological polar surface area (TPSA) is 89.5 Å². The number of nitrogens with one attached hydrogen (secondary N) is 1. The lowest BCUT2D eigenvalue weighted by atomic mass is 10.1. The fourth-order valence-electron chi connectivity index (χ4n) is 3.01. The highest BCUT2D eigenvalue weighted by atomic mass is 32.2. The number of esters is 1. The molecule has 0 saturated carbocycles. The van der Waals surface area contributed by atoms with Crippen molar-refractivity contribution in [3.8, 4) is 0 Å². The Hall–Kier alpha value is -2.67. The maximum atomic E-state index is 12.3. The third-order valence-corrected chi connectivity index (χ3v) is 5.67. The largest absolute Gasteiger partial charge is 0.449 e. The van der Waals surface area contributed by atoms with Gasteiger partial charge in [0.2, 0.25) is 0 Å². The quantitative estimate of drug-likeness (QED) is 0.797. The first-order valence-electron chi connectivity index (χ1n) is 8.68. The van der Waals surface area contributed by atoms with Gasteiger partial charge in [-0.05, 0) is 73.7 Å². The van der Waals surface area contributed by atoms with Crippen LogP contribution in [0, 0.1) is 0 Å². The van der Waals surface area contributed by atoms with Gasteiger partial charge < -0.3 is 10.1 Å². The van der Waals surface area contributed by atoms with Crippen LogP contribution in [0.15, 0.2) is 47.4 Å². The Kier molecular flexibility index (Phi) is 5.32. The molecule has 2 aromatic carbocycles. The summed E-state index contributed by atoms with van der Waals surface area (Å²) in [5.74, 6) is -1.11. The lowest BCUT2D eigenvalue weighted by Crippen LogP contribution is -2.30. The summed E-state index contributed by atoms with van der Waals surface area (Å²) in [6.07, 6.45) is 3.30. The number of rotatable bonds is 5. The van der Waals surface area contributed by atoms with E-state index in [4.69, 9.17) is 4.74 Å². The predicted molar refractivity (Wildman–Crippen MR) is 102 cm³/mol. The molecule has 0 aromatic heterocycles. The smallest absolute Gasteiger partial charge is 0.338 e. The van der Waals surface area contributed by atoms with Crippen molar-refractivity contribution in [2.45, 2.75) is 37.2 Å². The molecule has 142 valence electrons. The molecule has 1 aliphatic carbocycles. The van der Waals surface area contributed by atoms with E-state index in [9.17, 15) is 18.0 Å². The van der Waals surface area contributed by atoms with E-state index >= 15 is 0 Å². The Morgan fingerprint density at radius 1 is 1.04 bits per heavy atom. The lowest BCUT2D eigenvalue weighted by Gasteiger charge is -2.14. The van der Waals surface area contributed by atoms with Crippen LogP contribution >= 0.6 is 0 Å². The first-order chi connectivity index (χ1) is 12.7. The van der Waals surface area contributed by atoms with Gasteiger partial charge in [0, 0.05) is 11.9 Å². The summed E-state index contributed by atoms with van der Waals surface area (Å²) in [6, 6.07) is 11.2. The molecule has 1 atom stereocenters. The minimum atomic E-state index is -3.34. The number of benzene rings is 2. The molecule has 0 aliphatic heterocycles. The van der Waals surface area contributed by atoms with Crippen LogP contribution in [-0.2, 0) is 32.2 Å². The molecule has 27 heavy (non-hydrogen) atoms. The molecule has 0 fully saturated rings. The van der Waals surface area contributed by atoms with Crippen LogP contribution in [0.25, 0.3) is 0 Å². The summed E-state index contributed by atoms with van der Waals surface area (Å²) in [4.78, 5) is 24.6. The maximum absolute atomic E-state index is 12.3. The molecule has 6 nitrogen and oxygen atoms in total. The number of anilines is 1. The molecule has 0 spiro atoms. The van der Waals surface area contributed by atoms with Gasteiger partial charge in [0.1, 0.15) is 0 Å². The highest BCUT2D eigenvalue weighted by Gasteiger charge is 2.20. The number of carbonyl (C=O) groups excluding carboxylic acids is 2. The Balaban J connectivity index is 1.61. The second-order valence-corrected chi connectivity index (χ2v) is 8.69. The van der Waals surface area contributed by atoms with Crippen LogP contribution < -0.4 is 5.32 Å². The normalized spacial score (nSPS) is 14.3. The standard InChI is InChI=1S/C20H21NO5S/c1-13(19(22)21-17-9-6-14-4-3-5-16(14)12-17)26-20(23)15-7-10-18(11-8-15)27(2,24)25/h6-13H,3-5H2,1-2H3,(H,21,22). The highest BCUT2D eigenvalue weighted by molar-refractivity contribution is 7.90. The third kappa shape index (κ3) is 4.54. The molecule has 0 radical (unpaired) electrons. The molecule has 7 heteroatoms. The summed E-state index contributed by atoms with van der Waals surface area (Å²) >= 11 is 0. The Morgan fingerprint density at radius 3 is 2.37 bits per heavy atom. The zero-order chi connectivity index (χ0) is 19.6. The Morgan fingerprint density at radius 2 is 1.70 bits per heavy atom. The predicted octanol–water partition coefficient (Wildman–Crippen LogP) is 2.76. The van der Waals surface area contributed by atoms with Crippen LogP contribution in [0.3, 0.4) is 0 Å². The van der Waals surface area contributed by atoms with Gasteiger partial charge in [-0.1, -0.05) is 6.07 Å². The average molecular weight is 387 g/mol. The zero-order valence-electron chi connectivity index (χ0n) is 15.2. The van der Waals surface area contributed by atoms with E-state index in [1.807, 2.05) is 18.2 Å². The van der Waals surface area contributed by atoms with Crippen molar-refractivity contribution >= 4 is 27.4 Å². The van der Waals surface area contributed by atoms with Gasteiger partial charge in [0.15, 0.2) is 15.9 Å². The minimum Gasteiger partial charge on any atom is -0.449 e. The van der Waals surface area contributed by atoms with Crippen molar-refractivity contribution in [3.63, 3.8) is 0 Å². The summed E-state index contributed by atoms with van der Waals surface area (Å²) in [6.45, 7) is 1.49. The van der Waals surface area contributed by atoms with Gasteiger partial charge >= 0.3 is 5.97 Å². The second-order valence-electron chi connectivity index (χ2n) is 6.67. The van der Waals surface area contributed by atoms with Gasteiger partial charge in [-0.2, -0.15) is 0 Å². The van der Waals surface area contributed by atoms with Crippen molar-refractivity contribution in [1.82, 2.24) is 0 Å². The summed E-state index contributed by atoms with van der Waals surface area (Å²) in [5, 5.41) is 2.76. The second kappa shape index (κ2) is 7.52. The van der Waals surface area contributed by atoms with Crippen molar-refractivity contribution in [3.05, 3.63) is 59.2 Å². The molecule has 0 bridgehead atoms. The summed E-state index contributed by atoms with van der Waals surface area (Å²) in [5.41, 5.74) is 3.41. The molecular formula is C20H21NO5S. The third-order valence-electron chi connectivity index (χ3n) is 4.54. The van der Waals surface area contributed by atoms with Crippen molar-refractivity contribution < 1.29 is 22.7 Å². The number of hydrogen-bond donors (Lipinski definition) is 1. The van der Waals surface area contributed by atoms with Crippen LogP contribution in [0.1, 0.15) is 34.8 Å². The number of carbonyl (C=O) groups is 2. The van der Waals surface area contributed by atoms with E-state index in [1.165, 1.54) is 42.3 Å². The van der Waals surface area contributed by atoms with Gasteiger partial charge in [0.05, 0.1) is 10.5 Å². The van der Waals surface area contributed by atoms with E-state index in [2.05, 4.69) is 5.32 Å². The first kappa shape index (κ1) is 19.1. The summed E-state index contributed by atoms with van der Waals surface area (Å²) in [7, 11) is -3.34. The van der Waals surface area contributed by atoms with Crippen molar-refractivity contribution in [1.29, 1.82) is 0 Å². The van der Waals surface area contributed by atoms with Gasteiger partial charge in [-0.25, -0.2) is 13.2 Å². The Labute approximate surface area is 158 Å². The number of hydrogen-bond acceptors (Lipinski definition) is 5. The molecule has 1 N–H and O–H groups in total. The number of ether oxygens (including phenoxy) is 1. The van der Waals surface area contributed by atoms with Gasteiger partial charge in [-0.15, -0.1) is 0 Å². The minimum absolute atomic E-state index is 0.112. The van der Waals surface area contributed by atoms with Crippen LogP contribution in [-0.4, -0.2) is 32.7 Å². The van der Waals surface area contributed by atoms with E-state index in [1.54, 1.807) is 0 Å². The van der Waals surface area contributed by atoms with E-state index in [0.29, 0.717) is 5.69 Å². The van der Waals surface area contributed by atoms with Crippen LogP contribution in [0.5, 0.6) is 0 Å². The van der Waals surface area contributed by atoms with E-state index < -0.39 is 27.8 Å². The first-order valence-corrected chi connectivity index (χ1v) is 10.6. The lowest BCUT2D eigenvalue weighted by molar-refractivity contribution is -0.123. The highest BCUT2D eigenvalue weighted by Crippen LogP contribution is 2.25. The van der Waals surface area contributed by atoms with E-state index in [-0.39, 0.29) is 10.5 Å². The SMILES string of the molecule is CC(OC(=O)c1ccc(S(C)(=O)=O)cc1)C(=O)Nc1ccc2c(c1)CCC2. The molecule has 1 unspecified atom stereocenters. The van der Waals surface area contributed by atoms with Gasteiger partial charge in [-0.3, -0.25) is 4.79 Å². The maximum Gasteiger partial charge on any atom is 0.338 e. The van der Waals surface area contributed by atoms with Crippen molar-refractivity contribution in [2.75, 3.05) is 11.6 Å². The molecule has 1 aliphatic rings. The zero-order valence-corrected chi connectivity index (χ0v) is 16.0. The fraction of sp³-hybridized carbons (Fsp3) is 0.300. The molecule has 0 saturated heterocycles. The Bertz CT molecular complexity index is 980. The van der Waals surface area contributed by atoms with E-state index in [0.717, 1.165) is 25.5 Å². The number of sulfone groups is 1. The molecule has 2 aromatic rings. The molecule has 1 amide bonds. The fourth-order valence-corrected chi connectivity index (χ4v) is 3.64. The molecular weight excluding hydrogens is 366 g/mol. The van der Waals surface area contributed by atoms with Crippen LogP contribution in [0.4, 0.5) is 5.69 Å². The average Bonchev–Trinajstić information content (AvgIpc) is 3.08. The van der Waals surface area contributed by atoms with Crippen LogP contribution in [0.2, 0.25) is 0 Å². The molecule has 0 heterocycles. The number of amides is 1. The van der Waals surface area contributed by atoms with Gasteiger partial charge in [0.25, 0.3) is 5.91 Å². The summed E-state index contributed by atoms with van der Waals surface area (Å²) < 4.78 is 28.1. The van der Waals surface area contributed by atoms with Crippen molar-refractivity contribution in [2.24, 2.45) is 0 Å². The number of fused-ring (bicyclic) bond motifs is 1. The monoisotopic (exact) mass is 387 g/mol.